The summed E-state index contributed by atoms with van der Waals surface area (Å²) >= 11 is 4.72. The fourth-order valence-electron chi connectivity index (χ4n) is 4.37. The van der Waals surface area contributed by atoms with E-state index in [-0.39, 0.29) is 28.2 Å². The highest BCUT2D eigenvalue weighted by molar-refractivity contribution is 9.10. The quantitative estimate of drug-likeness (QED) is 0.434. The molecule has 1 aromatic carbocycles. The van der Waals surface area contributed by atoms with Gasteiger partial charge in [0.25, 0.3) is 5.91 Å². The molecule has 4 heterocycles. The lowest BCUT2D eigenvalue weighted by atomic mass is 10.0. The van der Waals surface area contributed by atoms with Crippen LogP contribution < -0.4 is 10.2 Å². The van der Waals surface area contributed by atoms with E-state index >= 15 is 0 Å². The van der Waals surface area contributed by atoms with Crippen molar-refractivity contribution in [2.75, 3.05) is 36.4 Å². The van der Waals surface area contributed by atoms with Gasteiger partial charge in [0, 0.05) is 43.2 Å². The lowest BCUT2D eigenvalue weighted by Crippen LogP contribution is -2.49. The van der Waals surface area contributed by atoms with Crippen molar-refractivity contribution in [3.05, 3.63) is 62.6 Å². The number of fused-ring (bicyclic) bond motifs is 1. The first-order valence-corrected chi connectivity index (χ1v) is 12.3. The third-order valence-electron chi connectivity index (χ3n) is 6.14. The zero-order valence-corrected chi connectivity index (χ0v) is 20.1. The van der Waals surface area contributed by atoms with E-state index in [1.807, 2.05) is 10.3 Å². The number of anilines is 2. The molecule has 34 heavy (non-hydrogen) atoms. The van der Waals surface area contributed by atoms with E-state index < -0.39 is 24.2 Å². The zero-order chi connectivity index (χ0) is 24.0. The molecule has 0 radical (unpaired) electrons. The van der Waals surface area contributed by atoms with Gasteiger partial charge in [0.2, 0.25) is 0 Å². The first-order valence-electron chi connectivity index (χ1n) is 10.7. The fraction of sp³-hybridized carbons (Fsp3) is 0.364. The van der Waals surface area contributed by atoms with Gasteiger partial charge in [-0.15, -0.1) is 11.3 Å². The number of amides is 1. The first-order chi connectivity index (χ1) is 16.2. The van der Waals surface area contributed by atoms with Crippen molar-refractivity contribution in [2.45, 2.75) is 24.7 Å². The molecular weight excluding hydrogens is 538 g/mol. The summed E-state index contributed by atoms with van der Waals surface area (Å²) in [4.78, 5) is 17.6. The Morgan fingerprint density at radius 3 is 2.44 bits per heavy atom. The van der Waals surface area contributed by atoms with Gasteiger partial charge in [0.05, 0.1) is 10.5 Å². The van der Waals surface area contributed by atoms with Crippen LogP contribution >= 0.6 is 27.3 Å². The molecule has 1 amide bonds. The SMILES string of the molecule is O=C(c1nn2c(c1Br)N[C@H](c1cccs1)C[C@@H]2C(F)(F)F)N1CCN(c2ccc(F)cc2)CC1. The van der Waals surface area contributed by atoms with Gasteiger partial charge in [-0.1, -0.05) is 6.07 Å². The average molecular weight is 558 g/mol. The monoisotopic (exact) mass is 557 g/mol. The molecule has 1 saturated heterocycles. The van der Waals surface area contributed by atoms with E-state index in [2.05, 4.69) is 26.3 Å². The number of hydrogen-bond donors (Lipinski definition) is 1. The Balaban J connectivity index is 1.37. The molecule has 0 spiro atoms. The predicted molar refractivity (Wildman–Crippen MR) is 125 cm³/mol. The van der Waals surface area contributed by atoms with Crippen molar-refractivity contribution in [3.8, 4) is 0 Å². The summed E-state index contributed by atoms with van der Waals surface area (Å²) in [6.45, 7) is 1.79. The molecule has 0 unspecified atom stereocenters. The minimum atomic E-state index is -4.51. The average Bonchev–Trinajstić information content (AvgIpc) is 3.47. The molecule has 2 atom stereocenters. The molecule has 1 fully saturated rings. The number of thiophene rings is 1. The Hall–Kier alpha value is -2.60. The van der Waals surface area contributed by atoms with E-state index in [0.29, 0.717) is 26.2 Å². The molecule has 1 N–H and O–H groups in total. The molecule has 2 aliphatic heterocycles. The predicted octanol–water partition coefficient (Wildman–Crippen LogP) is 5.47. The number of alkyl halides is 3. The fourth-order valence-corrected chi connectivity index (χ4v) is 5.71. The Morgan fingerprint density at radius 2 is 1.82 bits per heavy atom. The second-order valence-corrected chi connectivity index (χ2v) is 9.99. The van der Waals surface area contributed by atoms with Crippen LogP contribution in [0.2, 0.25) is 0 Å². The highest BCUT2D eigenvalue weighted by Gasteiger charge is 2.48. The van der Waals surface area contributed by atoms with Gasteiger partial charge < -0.3 is 15.1 Å². The van der Waals surface area contributed by atoms with Gasteiger partial charge >= 0.3 is 6.18 Å². The van der Waals surface area contributed by atoms with Gasteiger partial charge in [-0.25, -0.2) is 9.07 Å². The van der Waals surface area contributed by atoms with Crippen LogP contribution in [0.1, 0.15) is 33.9 Å². The van der Waals surface area contributed by atoms with Gasteiger partial charge in [-0.3, -0.25) is 4.79 Å². The molecule has 180 valence electrons. The summed E-state index contributed by atoms with van der Waals surface area (Å²) in [5.41, 5.74) is 0.808. The maximum atomic E-state index is 13.9. The van der Waals surface area contributed by atoms with E-state index in [1.54, 1.807) is 29.2 Å². The number of carbonyl (C=O) groups excluding carboxylic acids is 1. The van der Waals surface area contributed by atoms with Crippen LogP contribution in [-0.2, 0) is 0 Å². The Labute approximate surface area is 205 Å². The van der Waals surface area contributed by atoms with Crippen LogP contribution in [0.15, 0.2) is 46.3 Å². The van der Waals surface area contributed by atoms with Gasteiger partial charge in [-0.05, 0) is 51.6 Å². The van der Waals surface area contributed by atoms with Crippen LogP contribution in [0.25, 0.3) is 0 Å². The highest BCUT2D eigenvalue weighted by atomic mass is 79.9. The molecular formula is C22H20BrF4N5OS. The summed E-state index contributed by atoms with van der Waals surface area (Å²) < 4.78 is 56.1. The zero-order valence-electron chi connectivity index (χ0n) is 17.7. The first kappa shape index (κ1) is 23.2. The van der Waals surface area contributed by atoms with E-state index in [4.69, 9.17) is 0 Å². The molecule has 5 rings (SSSR count). The summed E-state index contributed by atoms with van der Waals surface area (Å²) in [7, 11) is 0. The van der Waals surface area contributed by atoms with E-state index in [9.17, 15) is 22.4 Å². The van der Waals surface area contributed by atoms with Crippen molar-refractivity contribution in [2.24, 2.45) is 0 Å². The highest BCUT2D eigenvalue weighted by Crippen LogP contribution is 2.47. The van der Waals surface area contributed by atoms with E-state index in [0.717, 1.165) is 15.2 Å². The van der Waals surface area contributed by atoms with Crippen molar-refractivity contribution in [1.29, 1.82) is 0 Å². The van der Waals surface area contributed by atoms with Crippen molar-refractivity contribution >= 4 is 44.7 Å². The third-order valence-corrected chi connectivity index (χ3v) is 7.88. The molecule has 12 heteroatoms. The molecule has 3 aromatic rings. The maximum Gasteiger partial charge on any atom is 0.410 e. The second-order valence-electron chi connectivity index (χ2n) is 8.22. The standard InChI is InChI=1S/C22H20BrF4N5OS/c23-18-19(21(33)31-9-7-30(8-10-31)14-5-3-13(24)4-6-14)29-32-17(22(25,26)27)12-15(28-20(18)32)16-2-1-11-34-16/h1-6,11,15,17,28H,7-10,12H2/t15-,17+/m0/s1. The van der Waals surface area contributed by atoms with Gasteiger partial charge in [0.15, 0.2) is 11.7 Å². The van der Waals surface area contributed by atoms with E-state index in [1.165, 1.54) is 23.5 Å². The van der Waals surface area contributed by atoms with Crippen LogP contribution in [0, 0.1) is 5.82 Å². The van der Waals surface area contributed by atoms with Crippen LogP contribution in [-0.4, -0.2) is 52.9 Å². The molecule has 0 aliphatic carbocycles. The number of halogens is 5. The number of benzene rings is 1. The summed E-state index contributed by atoms with van der Waals surface area (Å²) in [6, 6.07) is 7.34. The van der Waals surface area contributed by atoms with Crippen molar-refractivity contribution < 1.29 is 22.4 Å². The number of hydrogen-bond acceptors (Lipinski definition) is 5. The maximum absolute atomic E-state index is 13.9. The number of rotatable bonds is 3. The number of nitrogens with zero attached hydrogens (tertiary/aromatic N) is 4. The Kier molecular flexibility index (Phi) is 6.05. The van der Waals surface area contributed by atoms with Crippen LogP contribution in [0.3, 0.4) is 0 Å². The van der Waals surface area contributed by atoms with Crippen LogP contribution in [0.5, 0.6) is 0 Å². The normalized spacial score (nSPS) is 20.7. The molecule has 2 aliphatic rings. The largest absolute Gasteiger partial charge is 0.410 e. The summed E-state index contributed by atoms with van der Waals surface area (Å²) in [6.07, 6.45) is -4.73. The lowest BCUT2D eigenvalue weighted by Gasteiger charge is -2.35. The molecule has 0 saturated carbocycles. The smallest absolute Gasteiger partial charge is 0.368 e. The topological polar surface area (TPSA) is 53.4 Å². The molecule has 2 aromatic heterocycles. The van der Waals surface area contributed by atoms with Crippen LogP contribution in [0.4, 0.5) is 29.1 Å². The Bertz CT molecular complexity index is 1170. The van der Waals surface area contributed by atoms with Gasteiger partial charge in [0.1, 0.15) is 11.6 Å². The van der Waals surface area contributed by atoms with Crippen molar-refractivity contribution in [1.82, 2.24) is 14.7 Å². The molecule has 0 bridgehead atoms. The summed E-state index contributed by atoms with van der Waals surface area (Å²) in [5, 5.41) is 9.08. The van der Waals surface area contributed by atoms with Gasteiger partial charge in [-0.2, -0.15) is 18.3 Å². The molecule has 6 nitrogen and oxygen atoms in total. The number of aromatic nitrogens is 2. The second kappa shape index (κ2) is 8.88. The number of piperazine rings is 1. The number of carbonyl (C=O) groups is 1. The minimum absolute atomic E-state index is 0.0428. The lowest BCUT2D eigenvalue weighted by molar-refractivity contribution is -0.173. The summed E-state index contributed by atoms with van der Waals surface area (Å²) in [5.74, 6) is -0.596. The Morgan fingerprint density at radius 1 is 1.12 bits per heavy atom. The van der Waals surface area contributed by atoms with Crippen molar-refractivity contribution in [3.63, 3.8) is 0 Å². The number of nitrogens with one attached hydrogen (secondary N) is 1. The third kappa shape index (κ3) is 4.28. The minimum Gasteiger partial charge on any atom is -0.368 e.